The molecule has 0 unspecified atom stereocenters. The van der Waals surface area contributed by atoms with E-state index in [1.807, 2.05) is 0 Å². The Morgan fingerprint density at radius 3 is 2.86 bits per heavy atom. The summed E-state index contributed by atoms with van der Waals surface area (Å²) >= 11 is 0. The number of benzene rings is 1. The van der Waals surface area contributed by atoms with Gasteiger partial charge in [0.2, 0.25) is 0 Å². The molecule has 0 spiro atoms. The minimum Gasteiger partial charge on any atom is -0.495 e. The number of nitrogens with two attached hydrogens (primary N) is 2. The Balaban J connectivity index is 3.02. The van der Waals surface area contributed by atoms with Crippen molar-refractivity contribution in [1.29, 1.82) is 0 Å². The predicted octanol–water partition coefficient (Wildman–Crippen LogP) is 0.156. The normalized spacial score (nSPS) is 9.57. The van der Waals surface area contributed by atoms with Gasteiger partial charge in [0.25, 0.3) is 0 Å². The van der Waals surface area contributed by atoms with Crippen LogP contribution < -0.4 is 21.3 Å². The highest BCUT2D eigenvalue weighted by Crippen LogP contribution is 2.30. The number of hydrogen-bond acceptors (Lipinski definition) is 5. The molecule has 0 aliphatic heterocycles. The number of anilines is 2. The molecular weight excluding hydrogens is 182 g/mol. The summed E-state index contributed by atoms with van der Waals surface area (Å²) in [4.78, 5) is 10.3. The Labute approximate surface area is 82.2 Å². The number of aldehydes is 1. The summed E-state index contributed by atoms with van der Waals surface area (Å²) in [6.07, 6.45) is 0.707. The van der Waals surface area contributed by atoms with Gasteiger partial charge in [0.15, 0.2) is 0 Å². The molecule has 4 N–H and O–H groups in total. The van der Waals surface area contributed by atoms with E-state index in [9.17, 15) is 4.79 Å². The van der Waals surface area contributed by atoms with Crippen LogP contribution in [0, 0.1) is 0 Å². The zero-order valence-corrected chi connectivity index (χ0v) is 7.93. The maximum atomic E-state index is 10.3. The number of nitrogen functional groups attached to an aromatic ring is 1. The van der Waals surface area contributed by atoms with E-state index < -0.39 is 0 Å². The van der Waals surface area contributed by atoms with E-state index in [1.54, 1.807) is 18.2 Å². The van der Waals surface area contributed by atoms with Crippen LogP contribution in [0.2, 0.25) is 0 Å². The molecule has 0 radical (unpaired) electrons. The molecule has 14 heavy (non-hydrogen) atoms. The second kappa shape index (κ2) is 4.48. The molecule has 0 bridgehead atoms. The third-order valence-corrected chi connectivity index (χ3v) is 1.84. The van der Waals surface area contributed by atoms with Crippen LogP contribution >= 0.6 is 0 Å². The third kappa shape index (κ3) is 1.94. The van der Waals surface area contributed by atoms with Crippen molar-refractivity contribution < 1.29 is 9.53 Å². The fraction of sp³-hybridized carbons (Fsp3) is 0.222. The van der Waals surface area contributed by atoms with Gasteiger partial charge in [-0.15, -0.1) is 0 Å². The Morgan fingerprint density at radius 2 is 2.29 bits per heavy atom. The van der Waals surface area contributed by atoms with E-state index in [4.69, 9.17) is 16.3 Å². The quantitative estimate of drug-likeness (QED) is 0.309. The van der Waals surface area contributed by atoms with Crippen LogP contribution in [0.1, 0.15) is 0 Å². The zero-order chi connectivity index (χ0) is 10.6. The molecule has 1 aromatic carbocycles. The molecule has 1 aromatic rings. The van der Waals surface area contributed by atoms with Gasteiger partial charge in [-0.3, -0.25) is 0 Å². The molecular formula is C9H13N3O2. The number of rotatable bonds is 4. The molecule has 0 atom stereocenters. The summed E-state index contributed by atoms with van der Waals surface area (Å²) in [5, 5.41) is 1.27. The molecule has 5 nitrogen and oxygen atoms in total. The van der Waals surface area contributed by atoms with Crippen molar-refractivity contribution in [3.63, 3.8) is 0 Å². The first-order chi connectivity index (χ1) is 6.70. The first kappa shape index (κ1) is 10.3. The maximum Gasteiger partial charge on any atom is 0.143 e. The second-order valence-corrected chi connectivity index (χ2v) is 2.71. The molecule has 0 amide bonds. The topological polar surface area (TPSA) is 81.6 Å². The lowest BCUT2D eigenvalue weighted by Crippen LogP contribution is -2.33. The van der Waals surface area contributed by atoms with Gasteiger partial charge in [-0.1, -0.05) is 6.07 Å². The van der Waals surface area contributed by atoms with Crippen molar-refractivity contribution in [3.8, 4) is 5.75 Å². The minimum absolute atomic E-state index is 0.0946. The van der Waals surface area contributed by atoms with Gasteiger partial charge in [0, 0.05) is 0 Å². The highest BCUT2D eigenvalue weighted by molar-refractivity contribution is 5.75. The number of carbonyl (C=O) groups is 1. The standard InChI is InChI=1S/C9H13N3O2/c1-14-8-4-2-3-7(9(8)10)12(11)5-6-13/h2-4,6H,5,10-11H2,1H3. The Bertz CT molecular complexity index is 328. The van der Waals surface area contributed by atoms with Crippen molar-refractivity contribution in [2.75, 3.05) is 24.4 Å². The summed E-state index contributed by atoms with van der Waals surface area (Å²) in [7, 11) is 1.52. The van der Waals surface area contributed by atoms with Crippen LogP contribution in [0.4, 0.5) is 11.4 Å². The van der Waals surface area contributed by atoms with Crippen molar-refractivity contribution in [3.05, 3.63) is 18.2 Å². The van der Waals surface area contributed by atoms with Crippen molar-refractivity contribution in [1.82, 2.24) is 0 Å². The molecule has 0 saturated heterocycles. The number of carbonyl (C=O) groups excluding carboxylic acids is 1. The average molecular weight is 195 g/mol. The van der Waals surface area contributed by atoms with E-state index in [-0.39, 0.29) is 6.54 Å². The summed E-state index contributed by atoms with van der Waals surface area (Å²) in [6, 6.07) is 5.21. The highest BCUT2D eigenvalue weighted by atomic mass is 16.5. The Kier molecular flexibility index (Phi) is 3.30. The first-order valence-corrected chi connectivity index (χ1v) is 4.09. The van der Waals surface area contributed by atoms with Crippen LogP contribution in [0.5, 0.6) is 5.75 Å². The average Bonchev–Trinajstić information content (AvgIpc) is 2.18. The second-order valence-electron chi connectivity index (χ2n) is 2.71. The number of hydrogen-bond donors (Lipinski definition) is 2. The zero-order valence-electron chi connectivity index (χ0n) is 7.93. The lowest BCUT2D eigenvalue weighted by molar-refractivity contribution is -0.106. The predicted molar refractivity (Wildman–Crippen MR) is 55.0 cm³/mol. The number of para-hydroxylation sites is 1. The van der Waals surface area contributed by atoms with Crippen LogP contribution in [-0.4, -0.2) is 19.9 Å². The van der Waals surface area contributed by atoms with Crippen LogP contribution in [0.15, 0.2) is 18.2 Å². The minimum atomic E-state index is 0.0946. The molecule has 0 heterocycles. The van der Waals surface area contributed by atoms with Gasteiger partial charge in [0.05, 0.1) is 25.0 Å². The lowest BCUT2D eigenvalue weighted by Gasteiger charge is -2.18. The highest BCUT2D eigenvalue weighted by Gasteiger charge is 2.08. The van der Waals surface area contributed by atoms with Crippen molar-refractivity contribution in [2.45, 2.75) is 0 Å². The Morgan fingerprint density at radius 1 is 1.57 bits per heavy atom. The summed E-state index contributed by atoms with van der Waals surface area (Å²) in [6.45, 7) is 0.0946. The van der Waals surface area contributed by atoms with Gasteiger partial charge in [-0.2, -0.15) is 0 Å². The van der Waals surface area contributed by atoms with Gasteiger partial charge < -0.3 is 20.3 Å². The number of hydrazine groups is 1. The van der Waals surface area contributed by atoms with Crippen molar-refractivity contribution >= 4 is 17.7 Å². The molecule has 0 aromatic heterocycles. The van der Waals surface area contributed by atoms with E-state index in [2.05, 4.69) is 0 Å². The monoisotopic (exact) mass is 195 g/mol. The molecule has 0 saturated carbocycles. The number of nitrogens with zero attached hydrogens (tertiary/aromatic N) is 1. The van der Waals surface area contributed by atoms with E-state index >= 15 is 0 Å². The number of methoxy groups -OCH3 is 1. The fourth-order valence-electron chi connectivity index (χ4n) is 1.14. The molecule has 0 aliphatic carbocycles. The first-order valence-electron chi connectivity index (χ1n) is 4.09. The molecule has 0 fully saturated rings. The van der Waals surface area contributed by atoms with Crippen LogP contribution in [0.25, 0.3) is 0 Å². The summed E-state index contributed by atoms with van der Waals surface area (Å²) < 4.78 is 5.02. The SMILES string of the molecule is COc1cccc(N(N)CC=O)c1N. The smallest absolute Gasteiger partial charge is 0.143 e. The molecule has 76 valence electrons. The van der Waals surface area contributed by atoms with E-state index in [0.29, 0.717) is 23.4 Å². The lowest BCUT2D eigenvalue weighted by atomic mass is 10.2. The van der Waals surface area contributed by atoms with Gasteiger partial charge in [0.1, 0.15) is 12.0 Å². The molecule has 1 rings (SSSR count). The fourth-order valence-corrected chi connectivity index (χ4v) is 1.14. The Hall–Kier alpha value is -1.75. The van der Waals surface area contributed by atoms with E-state index in [0.717, 1.165) is 0 Å². The third-order valence-electron chi connectivity index (χ3n) is 1.84. The maximum absolute atomic E-state index is 10.3. The van der Waals surface area contributed by atoms with Crippen LogP contribution in [-0.2, 0) is 4.79 Å². The summed E-state index contributed by atoms with van der Waals surface area (Å²) in [5.41, 5.74) is 6.77. The van der Waals surface area contributed by atoms with Gasteiger partial charge in [-0.05, 0) is 12.1 Å². The number of ether oxygens (including phenoxy) is 1. The van der Waals surface area contributed by atoms with Gasteiger partial charge in [-0.25, -0.2) is 5.84 Å². The van der Waals surface area contributed by atoms with Crippen molar-refractivity contribution in [2.24, 2.45) is 5.84 Å². The molecule has 0 aliphatic rings. The summed E-state index contributed by atoms with van der Waals surface area (Å²) in [5.74, 6) is 6.14. The van der Waals surface area contributed by atoms with E-state index in [1.165, 1.54) is 12.1 Å². The van der Waals surface area contributed by atoms with Crippen LogP contribution in [0.3, 0.4) is 0 Å². The van der Waals surface area contributed by atoms with Gasteiger partial charge >= 0.3 is 0 Å². The molecule has 5 heteroatoms. The largest absolute Gasteiger partial charge is 0.495 e.